The van der Waals surface area contributed by atoms with Crippen LogP contribution in [0.15, 0.2) is 24.3 Å². The van der Waals surface area contributed by atoms with Gasteiger partial charge in [-0.3, -0.25) is 0 Å². The molecular weight excluding hydrogens is 316 g/mol. The quantitative estimate of drug-likeness (QED) is 0.885. The van der Waals surface area contributed by atoms with Crippen LogP contribution in [0.1, 0.15) is 54.7 Å². The second kappa shape index (κ2) is 7.30. The molecule has 1 aromatic carbocycles. The van der Waals surface area contributed by atoms with Gasteiger partial charge in [0.25, 0.3) is 0 Å². The van der Waals surface area contributed by atoms with E-state index in [1.165, 1.54) is 17.7 Å². The van der Waals surface area contributed by atoms with E-state index in [4.69, 9.17) is 10.00 Å². The van der Waals surface area contributed by atoms with Gasteiger partial charge in [-0.25, -0.2) is 4.68 Å². The van der Waals surface area contributed by atoms with Crippen LogP contribution in [-0.4, -0.2) is 46.5 Å². The first-order valence-corrected chi connectivity index (χ1v) is 9.07. The van der Waals surface area contributed by atoms with E-state index in [9.17, 15) is 0 Å². The van der Waals surface area contributed by atoms with Gasteiger partial charge < -0.3 is 9.64 Å². The lowest BCUT2D eigenvalue weighted by Crippen LogP contribution is -3.14. The van der Waals surface area contributed by atoms with Crippen molar-refractivity contribution in [3.8, 4) is 6.07 Å². The topological polar surface area (TPSA) is 81.1 Å². The first-order chi connectivity index (χ1) is 12.4. The van der Waals surface area contributed by atoms with E-state index in [0.29, 0.717) is 11.6 Å². The number of hydrogen-bond acceptors (Lipinski definition) is 5. The van der Waals surface area contributed by atoms with Crippen molar-refractivity contribution in [2.45, 2.75) is 37.8 Å². The standard InChI is InChI=1S/C18H22N6O/c19-13-14-5-7-15(8-6-14)17(23-9-11-25-12-10-23)18-20-21-22-24(18)16-3-1-2-4-16/h5-8,16-17H,1-4,9-12H2/p+1/t17-/m1/s1. The van der Waals surface area contributed by atoms with E-state index in [2.05, 4.69) is 26.3 Å². The number of ether oxygens (including phenoxy) is 1. The zero-order valence-electron chi connectivity index (χ0n) is 14.3. The van der Waals surface area contributed by atoms with Gasteiger partial charge in [0.1, 0.15) is 13.1 Å². The summed E-state index contributed by atoms with van der Waals surface area (Å²) < 4.78 is 7.60. The Bertz CT molecular complexity index is 738. The van der Waals surface area contributed by atoms with E-state index < -0.39 is 0 Å². The molecule has 1 N–H and O–H groups in total. The van der Waals surface area contributed by atoms with Gasteiger partial charge in [0.05, 0.1) is 30.9 Å². The summed E-state index contributed by atoms with van der Waals surface area (Å²) >= 11 is 0. The Kier molecular flexibility index (Phi) is 4.72. The van der Waals surface area contributed by atoms with Crippen LogP contribution < -0.4 is 4.90 Å². The Hall–Kier alpha value is -2.30. The van der Waals surface area contributed by atoms with Crippen molar-refractivity contribution < 1.29 is 9.64 Å². The molecule has 2 aliphatic rings. The lowest BCUT2D eigenvalue weighted by atomic mass is 10.0. The van der Waals surface area contributed by atoms with Crippen LogP contribution in [0.2, 0.25) is 0 Å². The normalized spacial score (nSPS) is 20.4. The Morgan fingerprint density at radius 1 is 1.16 bits per heavy atom. The second-order valence-corrected chi connectivity index (χ2v) is 6.86. The SMILES string of the molecule is N#Cc1ccc([C@H](c2nnnn2C2CCCC2)[NH+]2CCOCC2)cc1. The lowest BCUT2D eigenvalue weighted by Gasteiger charge is -2.31. The predicted molar refractivity (Wildman–Crippen MR) is 89.8 cm³/mol. The highest BCUT2D eigenvalue weighted by Gasteiger charge is 2.35. The van der Waals surface area contributed by atoms with Crippen LogP contribution >= 0.6 is 0 Å². The van der Waals surface area contributed by atoms with E-state index in [1.807, 2.05) is 24.3 Å². The van der Waals surface area contributed by atoms with Gasteiger partial charge in [0.15, 0.2) is 6.04 Å². The number of nitriles is 1. The van der Waals surface area contributed by atoms with Crippen molar-refractivity contribution in [1.29, 1.82) is 5.26 Å². The van der Waals surface area contributed by atoms with Gasteiger partial charge in [-0.05, 0) is 35.4 Å². The summed E-state index contributed by atoms with van der Waals surface area (Å²) in [6, 6.07) is 10.5. The van der Waals surface area contributed by atoms with Crippen molar-refractivity contribution in [3.05, 3.63) is 41.2 Å². The number of benzene rings is 1. The summed E-state index contributed by atoms with van der Waals surface area (Å²) in [5.41, 5.74) is 1.83. The molecule has 1 aliphatic heterocycles. The van der Waals surface area contributed by atoms with Crippen LogP contribution in [0.3, 0.4) is 0 Å². The minimum atomic E-state index is 0.0762. The zero-order valence-corrected chi connectivity index (χ0v) is 14.3. The second-order valence-electron chi connectivity index (χ2n) is 6.86. The summed E-state index contributed by atoms with van der Waals surface area (Å²) in [5, 5.41) is 21.8. The molecule has 1 aliphatic carbocycles. The molecule has 2 heterocycles. The van der Waals surface area contributed by atoms with Gasteiger partial charge in [-0.2, -0.15) is 5.26 Å². The molecule has 1 aromatic heterocycles. The van der Waals surface area contributed by atoms with E-state index in [0.717, 1.165) is 50.5 Å². The molecule has 1 saturated carbocycles. The van der Waals surface area contributed by atoms with Gasteiger partial charge in [-0.15, -0.1) is 5.10 Å². The fourth-order valence-corrected chi connectivity index (χ4v) is 4.04. The number of aromatic nitrogens is 4. The molecule has 1 atom stereocenters. The first-order valence-electron chi connectivity index (χ1n) is 9.07. The van der Waals surface area contributed by atoms with Crippen molar-refractivity contribution in [1.82, 2.24) is 20.2 Å². The maximum absolute atomic E-state index is 9.08. The highest BCUT2D eigenvalue weighted by Crippen LogP contribution is 2.31. The third kappa shape index (κ3) is 3.28. The molecule has 130 valence electrons. The summed E-state index contributed by atoms with van der Waals surface area (Å²) in [4.78, 5) is 1.42. The van der Waals surface area contributed by atoms with E-state index in [1.54, 1.807) is 0 Å². The summed E-state index contributed by atoms with van der Waals surface area (Å²) in [5.74, 6) is 0.938. The molecule has 0 spiro atoms. The predicted octanol–water partition coefficient (Wildman–Crippen LogP) is 0.664. The summed E-state index contributed by atoms with van der Waals surface area (Å²) in [6.45, 7) is 3.38. The van der Waals surface area contributed by atoms with Crippen molar-refractivity contribution in [3.63, 3.8) is 0 Å². The maximum Gasteiger partial charge on any atom is 0.214 e. The van der Waals surface area contributed by atoms with Crippen molar-refractivity contribution >= 4 is 0 Å². The molecule has 4 rings (SSSR count). The molecule has 7 heteroatoms. The molecule has 25 heavy (non-hydrogen) atoms. The van der Waals surface area contributed by atoms with Crippen LogP contribution in [-0.2, 0) is 4.74 Å². The molecule has 0 unspecified atom stereocenters. The first kappa shape index (κ1) is 16.2. The highest BCUT2D eigenvalue weighted by atomic mass is 16.5. The Balaban J connectivity index is 1.72. The van der Waals surface area contributed by atoms with Crippen molar-refractivity contribution in [2.24, 2.45) is 0 Å². The van der Waals surface area contributed by atoms with Crippen LogP contribution in [0, 0.1) is 11.3 Å². The molecule has 7 nitrogen and oxygen atoms in total. The highest BCUT2D eigenvalue weighted by molar-refractivity contribution is 5.33. The number of quaternary nitrogens is 1. The zero-order chi connectivity index (χ0) is 17.1. The monoisotopic (exact) mass is 339 g/mol. The van der Waals surface area contributed by atoms with E-state index >= 15 is 0 Å². The largest absolute Gasteiger partial charge is 0.370 e. The van der Waals surface area contributed by atoms with Crippen LogP contribution in [0.4, 0.5) is 0 Å². The third-order valence-electron chi connectivity index (χ3n) is 5.36. The molecule has 0 bridgehead atoms. The fraction of sp³-hybridized carbons (Fsp3) is 0.556. The van der Waals surface area contributed by atoms with E-state index in [-0.39, 0.29) is 6.04 Å². The third-order valence-corrected chi connectivity index (χ3v) is 5.36. The summed E-state index contributed by atoms with van der Waals surface area (Å²) in [6.07, 6.45) is 4.79. The molecule has 2 aromatic rings. The van der Waals surface area contributed by atoms with Gasteiger partial charge >= 0.3 is 0 Å². The molecule has 1 saturated heterocycles. The fourth-order valence-electron chi connectivity index (χ4n) is 4.04. The average molecular weight is 339 g/mol. The summed E-state index contributed by atoms with van der Waals surface area (Å²) in [7, 11) is 0. The number of morpholine rings is 1. The van der Waals surface area contributed by atoms with Crippen LogP contribution in [0.5, 0.6) is 0 Å². The molecule has 2 fully saturated rings. The van der Waals surface area contributed by atoms with Gasteiger partial charge in [0, 0.05) is 5.56 Å². The number of nitrogens with zero attached hydrogens (tertiary/aromatic N) is 5. The molecular formula is C18H23N6O+. The number of tetrazole rings is 1. The van der Waals surface area contributed by atoms with Crippen LogP contribution in [0.25, 0.3) is 0 Å². The Morgan fingerprint density at radius 2 is 1.88 bits per heavy atom. The smallest absolute Gasteiger partial charge is 0.214 e. The number of hydrogen-bond donors (Lipinski definition) is 1. The Morgan fingerprint density at radius 3 is 2.56 bits per heavy atom. The molecule has 0 amide bonds. The van der Waals surface area contributed by atoms with Crippen molar-refractivity contribution in [2.75, 3.05) is 26.3 Å². The number of rotatable bonds is 4. The Labute approximate surface area is 147 Å². The number of nitrogens with one attached hydrogen (secondary N) is 1. The van der Waals surface area contributed by atoms with Gasteiger partial charge in [-0.1, -0.05) is 25.0 Å². The average Bonchev–Trinajstić information content (AvgIpc) is 3.35. The molecule has 0 radical (unpaired) electrons. The van der Waals surface area contributed by atoms with Gasteiger partial charge in [0.2, 0.25) is 5.82 Å². The minimum absolute atomic E-state index is 0.0762. The minimum Gasteiger partial charge on any atom is -0.370 e. The maximum atomic E-state index is 9.08. The lowest BCUT2D eigenvalue weighted by molar-refractivity contribution is -0.933.